The van der Waals surface area contributed by atoms with E-state index in [0.29, 0.717) is 6.04 Å². The fraction of sp³-hybridized carbons (Fsp3) is 0.375. The molecule has 1 unspecified atom stereocenters. The topological polar surface area (TPSA) is 42.0 Å². The van der Waals surface area contributed by atoms with Gasteiger partial charge in [-0.05, 0) is 36.6 Å². The zero-order valence-electron chi connectivity index (χ0n) is 11.2. The fourth-order valence-electron chi connectivity index (χ4n) is 2.75. The summed E-state index contributed by atoms with van der Waals surface area (Å²) in [7, 11) is 0. The monoisotopic (exact) mass is 288 g/mol. The van der Waals surface area contributed by atoms with Gasteiger partial charge in [0, 0.05) is 17.6 Å². The molecule has 1 aliphatic carbocycles. The second kappa shape index (κ2) is 5.80. The molecule has 3 rings (SSSR count). The van der Waals surface area contributed by atoms with E-state index in [0.717, 1.165) is 29.3 Å². The summed E-state index contributed by atoms with van der Waals surface area (Å²) in [5.41, 5.74) is 1.74. The van der Waals surface area contributed by atoms with Crippen LogP contribution in [-0.2, 0) is 4.79 Å². The van der Waals surface area contributed by atoms with Crippen molar-refractivity contribution in [2.75, 3.05) is 0 Å². The summed E-state index contributed by atoms with van der Waals surface area (Å²) >= 11 is 6.30. The first kappa shape index (κ1) is 13.4. The number of amides is 1. The van der Waals surface area contributed by atoms with Crippen molar-refractivity contribution in [2.24, 2.45) is 0 Å². The van der Waals surface area contributed by atoms with Gasteiger partial charge in [0.25, 0.3) is 0 Å². The van der Waals surface area contributed by atoms with Crippen molar-refractivity contribution in [2.45, 2.75) is 37.1 Å². The quantitative estimate of drug-likeness (QED) is 0.877. The Kier molecular flexibility index (Phi) is 3.88. The summed E-state index contributed by atoms with van der Waals surface area (Å²) in [6.45, 7) is 0. The lowest BCUT2D eigenvalue weighted by Crippen LogP contribution is -2.34. The third kappa shape index (κ3) is 2.78. The van der Waals surface area contributed by atoms with E-state index in [1.807, 2.05) is 30.3 Å². The van der Waals surface area contributed by atoms with Gasteiger partial charge < -0.3 is 5.32 Å². The highest BCUT2D eigenvalue weighted by Crippen LogP contribution is 2.25. The number of nitrogens with one attached hydrogen (secondary N) is 1. The van der Waals surface area contributed by atoms with E-state index in [4.69, 9.17) is 11.6 Å². The van der Waals surface area contributed by atoms with Gasteiger partial charge in [-0.15, -0.1) is 11.6 Å². The van der Waals surface area contributed by atoms with Crippen LogP contribution in [0.3, 0.4) is 0 Å². The number of pyridine rings is 1. The van der Waals surface area contributed by atoms with E-state index in [9.17, 15) is 4.79 Å². The number of alkyl halides is 1. The molecule has 1 amide bonds. The average molecular weight is 289 g/mol. The van der Waals surface area contributed by atoms with Gasteiger partial charge in [0.05, 0.1) is 5.52 Å². The summed E-state index contributed by atoms with van der Waals surface area (Å²) < 4.78 is 0. The van der Waals surface area contributed by atoms with E-state index in [1.165, 1.54) is 12.8 Å². The van der Waals surface area contributed by atoms with Gasteiger partial charge in [-0.2, -0.15) is 0 Å². The molecule has 1 aliphatic rings. The number of hydrogen-bond donors (Lipinski definition) is 1. The molecule has 0 radical (unpaired) electrons. The van der Waals surface area contributed by atoms with Crippen LogP contribution in [0.25, 0.3) is 10.9 Å². The molecule has 0 bridgehead atoms. The van der Waals surface area contributed by atoms with Crippen molar-refractivity contribution in [3.8, 4) is 0 Å². The normalized spacial score (nSPS) is 17.2. The second-order valence-electron chi connectivity index (χ2n) is 5.31. The number of aromatic nitrogens is 1. The SMILES string of the molecule is O=C(NC1CCCC1)C(Cl)c1ccc2ncccc2c1. The van der Waals surface area contributed by atoms with Gasteiger partial charge in [-0.1, -0.05) is 25.0 Å². The maximum absolute atomic E-state index is 12.2. The molecule has 1 heterocycles. The molecule has 3 nitrogen and oxygen atoms in total. The van der Waals surface area contributed by atoms with Gasteiger partial charge >= 0.3 is 0 Å². The molecule has 2 aromatic rings. The maximum Gasteiger partial charge on any atom is 0.242 e. The van der Waals surface area contributed by atoms with Crippen LogP contribution in [0.5, 0.6) is 0 Å². The Bertz CT molecular complexity index is 623. The van der Waals surface area contributed by atoms with E-state index >= 15 is 0 Å². The minimum atomic E-state index is -0.639. The second-order valence-corrected chi connectivity index (χ2v) is 5.74. The Morgan fingerprint density at radius 2 is 2.10 bits per heavy atom. The minimum absolute atomic E-state index is 0.0955. The Morgan fingerprint density at radius 3 is 2.90 bits per heavy atom. The molecule has 4 heteroatoms. The average Bonchev–Trinajstić information content (AvgIpc) is 2.99. The van der Waals surface area contributed by atoms with Crippen molar-refractivity contribution in [3.05, 3.63) is 42.1 Å². The first-order valence-corrected chi connectivity index (χ1v) is 7.47. The highest BCUT2D eigenvalue weighted by Gasteiger charge is 2.23. The Labute approximate surface area is 123 Å². The molecule has 104 valence electrons. The smallest absolute Gasteiger partial charge is 0.242 e. The molecule has 1 fully saturated rings. The van der Waals surface area contributed by atoms with Gasteiger partial charge in [0.1, 0.15) is 5.38 Å². The number of benzene rings is 1. The molecule has 1 atom stereocenters. The van der Waals surface area contributed by atoms with Crippen molar-refractivity contribution in [3.63, 3.8) is 0 Å². The number of carbonyl (C=O) groups is 1. The zero-order chi connectivity index (χ0) is 13.9. The number of carbonyl (C=O) groups excluding carboxylic acids is 1. The lowest BCUT2D eigenvalue weighted by molar-refractivity contribution is -0.121. The van der Waals surface area contributed by atoms with Gasteiger partial charge in [-0.25, -0.2) is 0 Å². The van der Waals surface area contributed by atoms with Crippen LogP contribution in [-0.4, -0.2) is 16.9 Å². The van der Waals surface area contributed by atoms with Crippen LogP contribution in [0.2, 0.25) is 0 Å². The first-order chi connectivity index (χ1) is 9.74. The molecule has 1 N–H and O–H groups in total. The third-order valence-electron chi connectivity index (χ3n) is 3.85. The lowest BCUT2D eigenvalue weighted by atomic mass is 10.1. The van der Waals surface area contributed by atoms with Crippen molar-refractivity contribution in [1.29, 1.82) is 0 Å². The molecule has 1 aromatic heterocycles. The molecular formula is C16H17ClN2O. The molecule has 0 spiro atoms. The van der Waals surface area contributed by atoms with Crippen LogP contribution in [0.1, 0.15) is 36.6 Å². The number of fused-ring (bicyclic) bond motifs is 1. The van der Waals surface area contributed by atoms with Gasteiger partial charge in [0.2, 0.25) is 5.91 Å². The Hall–Kier alpha value is -1.61. The molecule has 0 saturated heterocycles. The van der Waals surface area contributed by atoms with E-state index in [-0.39, 0.29) is 5.91 Å². The maximum atomic E-state index is 12.2. The van der Waals surface area contributed by atoms with Crippen LogP contribution < -0.4 is 5.32 Å². The minimum Gasteiger partial charge on any atom is -0.352 e. The molecule has 1 aromatic carbocycles. The summed E-state index contributed by atoms with van der Waals surface area (Å²) in [5.74, 6) is -0.0955. The predicted octanol–water partition coefficient (Wildman–Crippen LogP) is 3.57. The Balaban J connectivity index is 1.76. The summed E-state index contributed by atoms with van der Waals surface area (Å²) in [6.07, 6.45) is 6.28. The molecule has 20 heavy (non-hydrogen) atoms. The highest BCUT2D eigenvalue weighted by atomic mass is 35.5. The van der Waals surface area contributed by atoms with Crippen LogP contribution in [0, 0.1) is 0 Å². The zero-order valence-corrected chi connectivity index (χ0v) is 11.9. The first-order valence-electron chi connectivity index (χ1n) is 7.03. The molecular weight excluding hydrogens is 272 g/mol. The fourth-order valence-corrected chi connectivity index (χ4v) is 2.95. The van der Waals surface area contributed by atoms with E-state index in [1.54, 1.807) is 6.20 Å². The van der Waals surface area contributed by atoms with E-state index in [2.05, 4.69) is 10.3 Å². The number of halogens is 1. The lowest BCUT2D eigenvalue weighted by Gasteiger charge is -2.15. The largest absolute Gasteiger partial charge is 0.352 e. The third-order valence-corrected chi connectivity index (χ3v) is 4.30. The number of rotatable bonds is 3. The van der Waals surface area contributed by atoms with Crippen LogP contribution in [0.4, 0.5) is 0 Å². The van der Waals surface area contributed by atoms with Gasteiger partial charge in [-0.3, -0.25) is 9.78 Å². The number of nitrogens with zero attached hydrogens (tertiary/aromatic N) is 1. The van der Waals surface area contributed by atoms with Crippen LogP contribution >= 0.6 is 11.6 Å². The van der Waals surface area contributed by atoms with Crippen molar-refractivity contribution in [1.82, 2.24) is 10.3 Å². The van der Waals surface area contributed by atoms with Crippen LogP contribution in [0.15, 0.2) is 36.5 Å². The standard InChI is InChI=1S/C16H17ClN2O/c17-15(16(20)19-13-5-1-2-6-13)12-7-8-14-11(10-12)4-3-9-18-14/h3-4,7-10,13,15H,1-2,5-6H2,(H,19,20). The van der Waals surface area contributed by atoms with E-state index < -0.39 is 5.38 Å². The molecule has 0 aliphatic heterocycles. The summed E-state index contributed by atoms with van der Waals surface area (Å²) in [5, 5.41) is 3.40. The summed E-state index contributed by atoms with van der Waals surface area (Å²) in [6, 6.07) is 9.88. The number of hydrogen-bond acceptors (Lipinski definition) is 2. The van der Waals surface area contributed by atoms with Crippen molar-refractivity contribution >= 4 is 28.4 Å². The summed E-state index contributed by atoms with van der Waals surface area (Å²) in [4.78, 5) is 16.4. The predicted molar refractivity (Wildman–Crippen MR) is 80.7 cm³/mol. The van der Waals surface area contributed by atoms with Crippen molar-refractivity contribution < 1.29 is 4.79 Å². The Morgan fingerprint density at radius 1 is 1.30 bits per heavy atom. The highest BCUT2D eigenvalue weighted by molar-refractivity contribution is 6.30. The van der Waals surface area contributed by atoms with Gasteiger partial charge in [0.15, 0.2) is 0 Å². The molecule has 1 saturated carbocycles.